The van der Waals surface area contributed by atoms with Crippen LogP contribution in [-0.2, 0) is 11.2 Å². The quantitative estimate of drug-likeness (QED) is 0.836. The van der Waals surface area contributed by atoms with Crippen LogP contribution < -0.4 is 10.5 Å². The first-order valence-corrected chi connectivity index (χ1v) is 7.73. The predicted octanol–water partition coefficient (Wildman–Crippen LogP) is 2.07. The van der Waals surface area contributed by atoms with Gasteiger partial charge in [0.25, 0.3) is 0 Å². The summed E-state index contributed by atoms with van der Waals surface area (Å²) in [4.78, 5) is 2.35. The van der Waals surface area contributed by atoms with E-state index in [2.05, 4.69) is 31.0 Å². The van der Waals surface area contributed by atoms with Gasteiger partial charge in [-0.1, -0.05) is 12.1 Å². The molecule has 1 aliphatic heterocycles. The van der Waals surface area contributed by atoms with Crippen molar-refractivity contribution in [1.29, 1.82) is 0 Å². The number of ether oxygens (including phenoxy) is 2. The minimum absolute atomic E-state index is 0.0550. The molecular weight excluding hydrogens is 264 g/mol. The summed E-state index contributed by atoms with van der Waals surface area (Å²) < 4.78 is 11.0. The van der Waals surface area contributed by atoms with Crippen molar-refractivity contribution in [2.75, 3.05) is 33.9 Å². The van der Waals surface area contributed by atoms with E-state index in [9.17, 15) is 0 Å². The van der Waals surface area contributed by atoms with Gasteiger partial charge >= 0.3 is 0 Å². The third-order valence-corrected chi connectivity index (χ3v) is 4.61. The van der Waals surface area contributed by atoms with Crippen LogP contribution in [0.2, 0.25) is 0 Å². The lowest BCUT2D eigenvalue weighted by atomic mass is 9.91. The topological polar surface area (TPSA) is 47.7 Å². The molecule has 2 rings (SSSR count). The van der Waals surface area contributed by atoms with Crippen LogP contribution in [0.15, 0.2) is 24.3 Å². The lowest BCUT2D eigenvalue weighted by Crippen LogP contribution is -2.53. The van der Waals surface area contributed by atoms with Gasteiger partial charge in [-0.25, -0.2) is 0 Å². The Kier molecular flexibility index (Phi) is 5.62. The molecule has 0 amide bonds. The Morgan fingerprint density at radius 2 is 2.10 bits per heavy atom. The number of nitrogens with two attached hydrogens (primary N) is 1. The smallest absolute Gasteiger partial charge is 0.118 e. The molecule has 118 valence electrons. The summed E-state index contributed by atoms with van der Waals surface area (Å²) in [6, 6.07) is 8.25. The SMILES string of the molecule is COc1ccc(CC(C)(CN)N(C)CC2CCCO2)cc1. The Morgan fingerprint density at radius 3 is 2.62 bits per heavy atom. The predicted molar refractivity (Wildman–Crippen MR) is 85.8 cm³/mol. The minimum atomic E-state index is -0.0550. The average molecular weight is 292 g/mol. The molecule has 1 aromatic rings. The summed E-state index contributed by atoms with van der Waals surface area (Å²) >= 11 is 0. The van der Waals surface area contributed by atoms with Gasteiger partial charge in [0, 0.05) is 25.2 Å². The number of rotatable bonds is 7. The standard InChI is InChI=1S/C17H28N2O2/c1-17(13-18,19(2)12-16-5-4-10-21-16)11-14-6-8-15(20-3)9-7-14/h6-9,16H,4-5,10-13,18H2,1-3H3. The van der Waals surface area contributed by atoms with Gasteiger partial charge in [-0.3, -0.25) is 4.90 Å². The number of hydrogen-bond acceptors (Lipinski definition) is 4. The zero-order chi connectivity index (χ0) is 15.3. The Hall–Kier alpha value is -1.10. The van der Waals surface area contributed by atoms with Crippen LogP contribution in [0.1, 0.15) is 25.3 Å². The molecular formula is C17H28N2O2. The first-order chi connectivity index (χ1) is 10.1. The van der Waals surface area contributed by atoms with Crippen LogP contribution in [0.4, 0.5) is 0 Å². The molecule has 1 saturated heterocycles. The van der Waals surface area contributed by atoms with E-state index < -0.39 is 0 Å². The molecule has 0 aliphatic carbocycles. The monoisotopic (exact) mass is 292 g/mol. The Bertz CT molecular complexity index is 429. The van der Waals surface area contributed by atoms with E-state index in [0.29, 0.717) is 12.6 Å². The molecule has 0 bridgehead atoms. The van der Waals surface area contributed by atoms with Gasteiger partial charge in [-0.05, 0) is 50.9 Å². The minimum Gasteiger partial charge on any atom is -0.497 e. The van der Waals surface area contributed by atoms with Gasteiger partial charge in [0.1, 0.15) is 5.75 Å². The molecule has 0 radical (unpaired) electrons. The Morgan fingerprint density at radius 1 is 1.38 bits per heavy atom. The summed E-state index contributed by atoms with van der Waals surface area (Å²) in [6.45, 7) is 4.70. The Balaban J connectivity index is 2.00. The van der Waals surface area contributed by atoms with Crippen molar-refractivity contribution in [2.45, 2.75) is 37.8 Å². The molecule has 1 aliphatic rings. The van der Waals surface area contributed by atoms with Crippen LogP contribution in [0.3, 0.4) is 0 Å². The highest BCUT2D eigenvalue weighted by atomic mass is 16.5. The summed E-state index contributed by atoms with van der Waals surface area (Å²) in [7, 11) is 3.84. The molecule has 1 aromatic carbocycles. The fraction of sp³-hybridized carbons (Fsp3) is 0.647. The van der Waals surface area contributed by atoms with E-state index in [1.54, 1.807) is 7.11 Å². The summed E-state index contributed by atoms with van der Waals surface area (Å²) in [5, 5.41) is 0. The first kappa shape index (κ1) is 16.3. The first-order valence-electron chi connectivity index (χ1n) is 7.73. The molecule has 2 unspecified atom stereocenters. The van der Waals surface area contributed by atoms with Crippen LogP contribution in [0.5, 0.6) is 5.75 Å². The van der Waals surface area contributed by atoms with E-state index >= 15 is 0 Å². The maximum atomic E-state index is 6.08. The van der Waals surface area contributed by atoms with Crippen molar-refractivity contribution in [1.82, 2.24) is 4.90 Å². The fourth-order valence-corrected chi connectivity index (χ4v) is 2.86. The fourth-order valence-electron chi connectivity index (χ4n) is 2.86. The van der Waals surface area contributed by atoms with Crippen LogP contribution in [0, 0.1) is 0 Å². The molecule has 2 atom stereocenters. The molecule has 21 heavy (non-hydrogen) atoms. The zero-order valence-electron chi connectivity index (χ0n) is 13.5. The Labute approximate surface area is 128 Å². The van der Waals surface area contributed by atoms with Gasteiger partial charge < -0.3 is 15.2 Å². The van der Waals surface area contributed by atoms with Crippen molar-refractivity contribution >= 4 is 0 Å². The van der Waals surface area contributed by atoms with Crippen LogP contribution in [-0.4, -0.2) is 50.4 Å². The van der Waals surface area contributed by atoms with Crippen molar-refractivity contribution < 1.29 is 9.47 Å². The van der Waals surface area contributed by atoms with Crippen LogP contribution in [0.25, 0.3) is 0 Å². The summed E-state index contributed by atoms with van der Waals surface area (Å²) in [6.07, 6.45) is 3.62. The molecule has 2 N–H and O–H groups in total. The van der Waals surface area contributed by atoms with Crippen LogP contribution >= 0.6 is 0 Å². The molecule has 4 nitrogen and oxygen atoms in total. The molecule has 0 saturated carbocycles. The highest BCUT2D eigenvalue weighted by molar-refractivity contribution is 5.28. The van der Waals surface area contributed by atoms with Gasteiger partial charge in [0.15, 0.2) is 0 Å². The number of likely N-dealkylation sites (N-methyl/N-ethyl adjacent to an activating group) is 1. The third kappa shape index (κ3) is 4.19. The average Bonchev–Trinajstić information content (AvgIpc) is 3.00. The molecule has 0 spiro atoms. The van der Waals surface area contributed by atoms with Gasteiger partial charge in [0.05, 0.1) is 13.2 Å². The van der Waals surface area contributed by atoms with Gasteiger partial charge in [-0.15, -0.1) is 0 Å². The second-order valence-electron chi connectivity index (χ2n) is 6.24. The zero-order valence-corrected chi connectivity index (χ0v) is 13.5. The number of benzene rings is 1. The largest absolute Gasteiger partial charge is 0.497 e. The maximum Gasteiger partial charge on any atom is 0.118 e. The normalized spacial score (nSPS) is 21.5. The van der Waals surface area contributed by atoms with Gasteiger partial charge in [0.2, 0.25) is 0 Å². The highest BCUT2D eigenvalue weighted by Crippen LogP contribution is 2.23. The number of nitrogens with zero attached hydrogens (tertiary/aromatic N) is 1. The third-order valence-electron chi connectivity index (χ3n) is 4.61. The molecule has 1 heterocycles. The summed E-state index contributed by atoms with van der Waals surface area (Å²) in [5.74, 6) is 0.890. The van der Waals surface area contributed by atoms with Gasteiger partial charge in [-0.2, -0.15) is 0 Å². The van der Waals surface area contributed by atoms with Crippen molar-refractivity contribution in [2.24, 2.45) is 5.73 Å². The van der Waals surface area contributed by atoms with E-state index in [0.717, 1.165) is 31.7 Å². The lowest BCUT2D eigenvalue weighted by Gasteiger charge is -2.39. The lowest BCUT2D eigenvalue weighted by molar-refractivity contribution is 0.0433. The molecule has 4 heteroatoms. The van der Waals surface area contributed by atoms with E-state index in [1.807, 2.05) is 12.1 Å². The molecule has 0 aromatic heterocycles. The van der Waals surface area contributed by atoms with E-state index in [4.69, 9.17) is 15.2 Å². The van der Waals surface area contributed by atoms with Crippen molar-refractivity contribution in [3.8, 4) is 5.75 Å². The number of methoxy groups -OCH3 is 1. The van der Waals surface area contributed by atoms with Crippen molar-refractivity contribution in [3.05, 3.63) is 29.8 Å². The molecule has 1 fully saturated rings. The van der Waals surface area contributed by atoms with Crippen molar-refractivity contribution in [3.63, 3.8) is 0 Å². The number of hydrogen-bond donors (Lipinski definition) is 1. The highest BCUT2D eigenvalue weighted by Gasteiger charge is 2.30. The maximum absolute atomic E-state index is 6.08. The van der Waals surface area contributed by atoms with E-state index in [1.165, 1.54) is 12.0 Å². The summed E-state index contributed by atoms with van der Waals surface area (Å²) in [5.41, 5.74) is 7.30. The second kappa shape index (κ2) is 7.25. The second-order valence-corrected chi connectivity index (χ2v) is 6.24. The van der Waals surface area contributed by atoms with E-state index in [-0.39, 0.29) is 5.54 Å².